The molecule has 0 saturated carbocycles. The second-order valence-electron chi connectivity index (χ2n) is 5.68. The van der Waals surface area contributed by atoms with Crippen molar-refractivity contribution in [1.82, 2.24) is 4.90 Å². The summed E-state index contributed by atoms with van der Waals surface area (Å²) >= 11 is 0. The van der Waals surface area contributed by atoms with Gasteiger partial charge in [0.25, 0.3) is 0 Å². The van der Waals surface area contributed by atoms with Crippen molar-refractivity contribution in [2.45, 2.75) is 57.9 Å². The van der Waals surface area contributed by atoms with Crippen molar-refractivity contribution in [1.29, 1.82) is 5.26 Å². The van der Waals surface area contributed by atoms with Crippen LogP contribution in [-0.4, -0.2) is 30.1 Å². The first-order valence-corrected chi connectivity index (χ1v) is 7.00. The average Bonchev–Trinajstić information content (AvgIpc) is 2.54. The van der Waals surface area contributed by atoms with Crippen LogP contribution < -0.4 is 5.73 Å². The Morgan fingerprint density at radius 1 is 1.41 bits per heavy atom. The molecular weight excluding hydrogens is 210 g/mol. The highest BCUT2D eigenvalue weighted by atomic mass is 15.1. The molecule has 2 unspecified atom stereocenters. The summed E-state index contributed by atoms with van der Waals surface area (Å²) in [6.07, 6.45) is 7.22. The van der Waals surface area contributed by atoms with E-state index < -0.39 is 5.54 Å². The topological polar surface area (TPSA) is 53.0 Å². The molecule has 1 saturated heterocycles. The molecule has 3 heteroatoms. The van der Waals surface area contributed by atoms with Crippen molar-refractivity contribution in [2.75, 3.05) is 19.6 Å². The lowest BCUT2D eigenvalue weighted by atomic mass is 9.98. The fraction of sp³-hybridized carbons (Fsp3) is 0.929. The van der Waals surface area contributed by atoms with Gasteiger partial charge in [0.1, 0.15) is 5.54 Å². The summed E-state index contributed by atoms with van der Waals surface area (Å²) in [6, 6.07) is 2.17. The third kappa shape index (κ3) is 5.52. The average molecular weight is 237 g/mol. The first kappa shape index (κ1) is 14.5. The maximum absolute atomic E-state index is 8.85. The summed E-state index contributed by atoms with van der Waals surface area (Å²) in [7, 11) is 0. The second kappa shape index (κ2) is 6.98. The molecule has 1 aliphatic heterocycles. The molecule has 0 bridgehead atoms. The van der Waals surface area contributed by atoms with Gasteiger partial charge in [-0.15, -0.1) is 0 Å². The highest BCUT2D eigenvalue weighted by Gasteiger charge is 2.19. The van der Waals surface area contributed by atoms with Crippen LogP contribution in [0.1, 0.15) is 52.4 Å². The Hall–Kier alpha value is -0.590. The van der Waals surface area contributed by atoms with Gasteiger partial charge in [0.2, 0.25) is 0 Å². The Morgan fingerprint density at radius 3 is 2.82 bits per heavy atom. The van der Waals surface area contributed by atoms with E-state index in [2.05, 4.69) is 17.9 Å². The zero-order valence-corrected chi connectivity index (χ0v) is 11.4. The van der Waals surface area contributed by atoms with Gasteiger partial charge in [-0.3, -0.25) is 0 Å². The lowest BCUT2D eigenvalue weighted by Crippen LogP contribution is -2.35. The van der Waals surface area contributed by atoms with Gasteiger partial charge >= 0.3 is 0 Å². The first-order valence-electron chi connectivity index (χ1n) is 7.00. The van der Waals surface area contributed by atoms with Gasteiger partial charge < -0.3 is 10.6 Å². The number of nitrogens with two attached hydrogens (primary N) is 1. The van der Waals surface area contributed by atoms with Crippen LogP contribution in [0.25, 0.3) is 0 Å². The van der Waals surface area contributed by atoms with E-state index >= 15 is 0 Å². The van der Waals surface area contributed by atoms with E-state index in [1.165, 1.54) is 38.8 Å². The summed E-state index contributed by atoms with van der Waals surface area (Å²) < 4.78 is 0. The molecular formula is C14H27N3. The molecule has 2 atom stereocenters. The molecule has 0 aromatic carbocycles. The summed E-state index contributed by atoms with van der Waals surface area (Å²) in [6.45, 7) is 7.68. The van der Waals surface area contributed by atoms with Gasteiger partial charge in [-0.05, 0) is 64.6 Å². The van der Waals surface area contributed by atoms with E-state index in [1.807, 2.05) is 6.92 Å². The van der Waals surface area contributed by atoms with Crippen molar-refractivity contribution in [3.63, 3.8) is 0 Å². The van der Waals surface area contributed by atoms with E-state index in [4.69, 9.17) is 11.0 Å². The number of nitriles is 1. The summed E-state index contributed by atoms with van der Waals surface area (Å²) in [5.41, 5.74) is 5.19. The number of hydrogen-bond acceptors (Lipinski definition) is 3. The molecule has 1 heterocycles. The highest BCUT2D eigenvalue weighted by molar-refractivity contribution is 5.00. The Morgan fingerprint density at radius 2 is 2.18 bits per heavy atom. The van der Waals surface area contributed by atoms with E-state index in [9.17, 15) is 0 Å². The van der Waals surface area contributed by atoms with Crippen LogP contribution in [0, 0.1) is 17.2 Å². The van der Waals surface area contributed by atoms with Crippen molar-refractivity contribution in [3.05, 3.63) is 0 Å². The molecule has 17 heavy (non-hydrogen) atoms. The predicted octanol–water partition coefficient (Wildman–Crippen LogP) is 2.52. The van der Waals surface area contributed by atoms with Gasteiger partial charge in [-0.1, -0.05) is 13.3 Å². The molecule has 98 valence electrons. The van der Waals surface area contributed by atoms with Gasteiger partial charge in [-0.25, -0.2) is 0 Å². The monoisotopic (exact) mass is 237 g/mol. The molecule has 1 fully saturated rings. The lowest BCUT2D eigenvalue weighted by Gasteiger charge is -2.22. The Labute approximate surface area is 106 Å². The Balaban J connectivity index is 2.22. The third-order valence-corrected chi connectivity index (χ3v) is 3.94. The quantitative estimate of drug-likeness (QED) is 0.799. The molecule has 1 rings (SSSR count). The van der Waals surface area contributed by atoms with Crippen LogP contribution in [-0.2, 0) is 0 Å². The van der Waals surface area contributed by atoms with Crippen molar-refractivity contribution < 1.29 is 0 Å². The lowest BCUT2D eigenvalue weighted by molar-refractivity contribution is 0.268. The molecule has 0 aliphatic carbocycles. The first-order chi connectivity index (χ1) is 8.07. The van der Waals surface area contributed by atoms with Crippen molar-refractivity contribution in [3.8, 4) is 6.07 Å². The maximum atomic E-state index is 8.85. The van der Waals surface area contributed by atoms with Crippen LogP contribution in [0.15, 0.2) is 0 Å². The largest absolute Gasteiger partial charge is 0.314 e. The highest BCUT2D eigenvalue weighted by Crippen LogP contribution is 2.20. The Bertz CT molecular complexity index is 255. The van der Waals surface area contributed by atoms with Gasteiger partial charge in [-0.2, -0.15) is 5.26 Å². The van der Waals surface area contributed by atoms with Gasteiger partial charge in [0.15, 0.2) is 0 Å². The molecule has 0 spiro atoms. The fourth-order valence-corrected chi connectivity index (χ4v) is 2.58. The number of hydrogen-bond donors (Lipinski definition) is 1. The third-order valence-electron chi connectivity index (χ3n) is 3.94. The van der Waals surface area contributed by atoms with Crippen LogP contribution >= 0.6 is 0 Å². The summed E-state index contributed by atoms with van der Waals surface area (Å²) in [5.74, 6) is 0.930. The van der Waals surface area contributed by atoms with Gasteiger partial charge in [0.05, 0.1) is 6.07 Å². The molecule has 0 aromatic rings. The molecule has 2 N–H and O–H groups in total. The van der Waals surface area contributed by atoms with E-state index in [-0.39, 0.29) is 0 Å². The smallest absolute Gasteiger partial charge is 0.101 e. The van der Waals surface area contributed by atoms with Crippen LogP contribution in [0.3, 0.4) is 0 Å². The van der Waals surface area contributed by atoms with Crippen molar-refractivity contribution >= 4 is 0 Å². The maximum Gasteiger partial charge on any atom is 0.101 e. The standard InChI is InChI=1S/C14H27N3/c1-3-13-6-4-9-17(11-7-13)10-5-8-14(2,16)12-15/h13H,3-11,16H2,1-2H3. The second-order valence-corrected chi connectivity index (χ2v) is 5.68. The normalized spacial score (nSPS) is 25.9. The van der Waals surface area contributed by atoms with E-state index in [0.29, 0.717) is 0 Å². The van der Waals surface area contributed by atoms with E-state index in [0.717, 1.165) is 25.3 Å². The summed E-state index contributed by atoms with van der Waals surface area (Å²) in [5, 5.41) is 8.85. The predicted molar refractivity (Wildman–Crippen MR) is 71.5 cm³/mol. The molecule has 3 nitrogen and oxygen atoms in total. The van der Waals surface area contributed by atoms with Crippen molar-refractivity contribution in [2.24, 2.45) is 11.7 Å². The minimum atomic E-state index is -0.641. The van der Waals surface area contributed by atoms with Gasteiger partial charge in [0, 0.05) is 0 Å². The molecule has 0 amide bonds. The SMILES string of the molecule is CCC1CCCN(CCCC(C)(N)C#N)CC1. The molecule has 0 radical (unpaired) electrons. The fourth-order valence-electron chi connectivity index (χ4n) is 2.58. The van der Waals surface area contributed by atoms with Crippen LogP contribution in [0.4, 0.5) is 0 Å². The van der Waals surface area contributed by atoms with E-state index in [1.54, 1.807) is 0 Å². The summed E-state index contributed by atoms with van der Waals surface area (Å²) in [4.78, 5) is 2.54. The molecule has 0 aromatic heterocycles. The minimum Gasteiger partial charge on any atom is -0.314 e. The number of nitrogens with zero attached hydrogens (tertiary/aromatic N) is 2. The molecule has 1 aliphatic rings. The van der Waals surface area contributed by atoms with Crippen LogP contribution in [0.2, 0.25) is 0 Å². The number of likely N-dealkylation sites (tertiary alicyclic amines) is 1. The number of rotatable bonds is 5. The Kier molecular flexibility index (Phi) is 5.94. The zero-order chi connectivity index (χ0) is 12.7. The van der Waals surface area contributed by atoms with Crippen LogP contribution in [0.5, 0.6) is 0 Å². The zero-order valence-electron chi connectivity index (χ0n) is 11.4. The minimum absolute atomic E-state index is 0.641.